The van der Waals surface area contributed by atoms with Crippen LogP contribution in [0.1, 0.15) is 50.6 Å². The van der Waals surface area contributed by atoms with E-state index in [0.29, 0.717) is 51.8 Å². The minimum Gasteiger partial charge on any atom is -0.462 e. The molecule has 252 valence electrons. The first-order valence-electron chi connectivity index (χ1n) is 15.4. The van der Waals surface area contributed by atoms with Crippen LogP contribution in [0.25, 0.3) is 6.08 Å². The number of nitrogens with one attached hydrogen (secondary N) is 3. The third-order valence-electron chi connectivity index (χ3n) is 7.41. The summed E-state index contributed by atoms with van der Waals surface area (Å²) < 4.78 is 6.17. The molecule has 1 aliphatic heterocycles. The zero-order chi connectivity index (χ0) is 34.9. The average Bonchev–Trinajstić information content (AvgIpc) is 3.45. The lowest BCUT2D eigenvalue weighted by Crippen LogP contribution is -2.34. The maximum absolute atomic E-state index is 13.5. The smallest absolute Gasteiger partial charge is 0.341 e. The first kappa shape index (κ1) is 35.6. The minimum atomic E-state index is -0.524. The molecule has 3 N–H and O–H groups in total. The van der Waals surface area contributed by atoms with E-state index >= 15 is 0 Å². The molecule has 13 heteroatoms. The van der Waals surface area contributed by atoms with Gasteiger partial charge in [-0.05, 0) is 73.0 Å². The summed E-state index contributed by atoms with van der Waals surface area (Å²) in [7, 11) is 0. The Morgan fingerprint density at radius 3 is 2.45 bits per heavy atom. The Labute approximate surface area is 300 Å². The molecular weight excluding hydrogens is 728 g/mol. The lowest BCUT2D eigenvalue weighted by molar-refractivity contribution is -0.129. The predicted octanol–water partition coefficient (Wildman–Crippen LogP) is 6.73. The molecule has 0 saturated carbocycles. The summed E-state index contributed by atoms with van der Waals surface area (Å²) in [6.45, 7) is 4.29. The van der Waals surface area contributed by atoms with Crippen LogP contribution in [-0.2, 0) is 32.1 Å². The summed E-state index contributed by atoms with van der Waals surface area (Å²) in [6.07, 6.45) is 2.09. The van der Waals surface area contributed by atoms with Gasteiger partial charge in [-0.1, -0.05) is 52.3 Å². The molecule has 3 aromatic carbocycles. The molecule has 0 bridgehead atoms. The Morgan fingerprint density at radius 2 is 1.73 bits per heavy atom. The first-order chi connectivity index (χ1) is 23.6. The SMILES string of the molecule is CCOC(=O)c1c(NC(=O)CSc2cccc(NC(=O)/C(=C/c3ccc(Br)cc3)NC(=O)c3ccccc3)c2)sc2c1CCN(C(C)=O)C2. The number of carbonyl (C=O) groups is 5. The molecule has 0 unspecified atom stereocenters. The molecule has 0 aliphatic carbocycles. The third-order valence-corrected chi connectivity index (χ3v) is 10.1. The molecule has 4 aromatic rings. The van der Waals surface area contributed by atoms with Gasteiger partial charge in [-0.3, -0.25) is 19.2 Å². The van der Waals surface area contributed by atoms with Crippen LogP contribution in [0.2, 0.25) is 0 Å². The monoisotopic (exact) mass is 760 g/mol. The maximum atomic E-state index is 13.5. The Balaban J connectivity index is 1.27. The van der Waals surface area contributed by atoms with Gasteiger partial charge in [0.2, 0.25) is 11.8 Å². The van der Waals surface area contributed by atoms with Crippen LogP contribution in [0.4, 0.5) is 10.7 Å². The van der Waals surface area contributed by atoms with Gasteiger partial charge in [0.25, 0.3) is 11.8 Å². The standard InChI is InChI=1S/C36H33BrN4O6S2/c1-3-47-36(46)32-28-16-17-41(22(2)42)20-30(28)49-35(32)40-31(43)21-48-27-11-7-10-26(19-27)38-34(45)29(18-23-12-14-25(37)15-13-23)39-33(44)24-8-5-4-6-9-24/h4-15,18-19H,3,16-17,20-21H2,1-2H3,(H,38,45)(H,39,44)(H,40,43)/b29-18-. The quantitative estimate of drug-likeness (QED) is 0.0877. The molecule has 2 heterocycles. The summed E-state index contributed by atoms with van der Waals surface area (Å²) >= 11 is 5.94. The number of nitrogens with zero attached hydrogens (tertiary/aromatic N) is 1. The highest BCUT2D eigenvalue weighted by molar-refractivity contribution is 9.10. The van der Waals surface area contributed by atoms with Crippen molar-refractivity contribution in [1.82, 2.24) is 10.2 Å². The van der Waals surface area contributed by atoms with Crippen LogP contribution in [0.5, 0.6) is 0 Å². The molecule has 1 aromatic heterocycles. The van der Waals surface area contributed by atoms with Crippen molar-refractivity contribution in [3.63, 3.8) is 0 Å². The van der Waals surface area contributed by atoms with E-state index in [2.05, 4.69) is 31.9 Å². The summed E-state index contributed by atoms with van der Waals surface area (Å²) in [6, 6.07) is 22.9. The van der Waals surface area contributed by atoms with Gasteiger partial charge >= 0.3 is 5.97 Å². The number of rotatable bonds is 11. The van der Waals surface area contributed by atoms with Crippen molar-refractivity contribution in [2.75, 3.05) is 29.5 Å². The van der Waals surface area contributed by atoms with Crippen molar-refractivity contribution >= 4 is 85.4 Å². The van der Waals surface area contributed by atoms with Gasteiger partial charge in [-0.15, -0.1) is 23.1 Å². The van der Waals surface area contributed by atoms with Crippen LogP contribution in [0, 0.1) is 0 Å². The largest absolute Gasteiger partial charge is 0.462 e. The minimum absolute atomic E-state index is 0.0314. The zero-order valence-corrected chi connectivity index (χ0v) is 29.9. The number of thioether (sulfide) groups is 1. The van der Waals surface area contributed by atoms with Crippen LogP contribution >= 0.6 is 39.0 Å². The van der Waals surface area contributed by atoms with E-state index in [1.165, 1.54) is 30.0 Å². The van der Waals surface area contributed by atoms with Gasteiger partial charge in [0.15, 0.2) is 0 Å². The van der Waals surface area contributed by atoms with Crippen molar-refractivity contribution in [1.29, 1.82) is 0 Å². The second kappa shape index (κ2) is 16.6. The van der Waals surface area contributed by atoms with Gasteiger partial charge in [-0.25, -0.2) is 4.79 Å². The molecular formula is C36H33BrN4O6S2. The fraction of sp³-hybridized carbons (Fsp3) is 0.194. The van der Waals surface area contributed by atoms with E-state index in [1.807, 2.05) is 30.3 Å². The highest BCUT2D eigenvalue weighted by Crippen LogP contribution is 2.38. The number of carbonyl (C=O) groups excluding carboxylic acids is 5. The van der Waals surface area contributed by atoms with E-state index in [1.54, 1.807) is 66.4 Å². The number of hydrogen-bond acceptors (Lipinski definition) is 8. The lowest BCUT2D eigenvalue weighted by Gasteiger charge is -2.25. The number of halogens is 1. The highest BCUT2D eigenvalue weighted by Gasteiger charge is 2.30. The number of anilines is 2. The molecule has 0 spiro atoms. The third kappa shape index (κ3) is 9.46. The topological polar surface area (TPSA) is 134 Å². The Hall–Kier alpha value is -4.72. The first-order valence-corrected chi connectivity index (χ1v) is 18.0. The molecule has 0 radical (unpaired) electrons. The highest BCUT2D eigenvalue weighted by atomic mass is 79.9. The number of benzene rings is 3. The van der Waals surface area contributed by atoms with E-state index in [-0.39, 0.29) is 29.9 Å². The van der Waals surface area contributed by atoms with Gasteiger partial charge in [0, 0.05) is 39.0 Å². The summed E-state index contributed by atoms with van der Waals surface area (Å²) in [4.78, 5) is 67.6. The van der Waals surface area contributed by atoms with Crippen LogP contribution in [0.3, 0.4) is 0 Å². The molecule has 49 heavy (non-hydrogen) atoms. The van der Waals surface area contributed by atoms with E-state index in [9.17, 15) is 24.0 Å². The van der Waals surface area contributed by atoms with E-state index in [0.717, 1.165) is 14.9 Å². The van der Waals surface area contributed by atoms with Crippen LogP contribution in [0.15, 0.2) is 93.9 Å². The maximum Gasteiger partial charge on any atom is 0.341 e. The summed E-state index contributed by atoms with van der Waals surface area (Å²) in [5.74, 6) is -1.80. The number of amides is 4. The number of ether oxygens (including phenoxy) is 1. The van der Waals surface area contributed by atoms with Gasteiger partial charge in [-0.2, -0.15) is 0 Å². The second-order valence-corrected chi connectivity index (χ2v) is 13.9. The summed E-state index contributed by atoms with van der Waals surface area (Å²) in [5, 5.41) is 8.86. The Kier molecular flexibility index (Phi) is 12.1. The van der Waals surface area contributed by atoms with Gasteiger partial charge in [0.05, 0.1) is 24.5 Å². The number of hydrogen-bond donors (Lipinski definition) is 3. The normalized spacial score (nSPS) is 12.5. The predicted molar refractivity (Wildman–Crippen MR) is 196 cm³/mol. The molecule has 0 saturated heterocycles. The zero-order valence-electron chi connectivity index (χ0n) is 26.7. The molecule has 0 atom stereocenters. The molecule has 5 rings (SSSR count). The Bertz CT molecular complexity index is 1910. The van der Waals surface area contributed by atoms with Crippen molar-refractivity contribution in [3.8, 4) is 0 Å². The molecule has 10 nitrogen and oxygen atoms in total. The lowest BCUT2D eigenvalue weighted by atomic mass is 10.0. The van der Waals surface area contributed by atoms with E-state index in [4.69, 9.17) is 4.74 Å². The van der Waals surface area contributed by atoms with Crippen LogP contribution < -0.4 is 16.0 Å². The second-order valence-electron chi connectivity index (χ2n) is 10.9. The summed E-state index contributed by atoms with van der Waals surface area (Å²) in [5.41, 5.74) is 2.79. The van der Waals surface area contributed by atoms with Gasteiger partial charge < -0.3 is 25.6 Å². The molecule has 4 amide bonds. The fourth-order valence-corrected chi connectivity index (χ4v) is 7.31. The number of esters is 1. The Morgan fingerprint density at radius 1 is 0.980 bits per heavy atom. The number of fused-ring (bicyclic) bond motifs is 1. The molecule has 1 aliphatic rings. The van der Waals surface area contributed by atoms with E-state index < -0.39 is 17.8 Å². The van der Waals surface area contributed by atoms with Crippen molar-refractivity contribution in [2.45, 2.75) is 31.7 Å². The number of thiophene rings is 1. The van der Waals surface area contributed by atoms with Crippen molar-refractivity contribution in [3.05, 3.63) is 116 Å². The molecule has 0 fully saturated rings. The van der Waals surface area contributed by atoms with Crippen LogP contribution in [-0.4, -0.2) is 53.4 Å². The van der Waals surface area contributed by atoms with Gasteiger partial charge in [0.1, 0.15) is 10.7 Å². The van der Waals surface area contributed by atoms with Crippen molar-refractivity contribution in [2.24, 2.45) is 0 Å². The average molecular weight is 762 g/mol. The van der Waals surface area contributed by atoms with Crippen molar-refractivity contribution < 1.29 is 28.7 Å². The fourth-order valence-electron chi connectivity index (χ4n) is 5.02.